The van der Waals surface area contributed by atoms with E-state index in [4.69, 9.17) is 4.74 Å². The largest absolute Gasteiger partial charge is 0.444 e. The monoisotopic (exact) mass is 575 g/mol. The lowest BCUT2D eigenvalue weighted by Crippen LogP contribution is -2.53. The average Bonchev–Trinajstić information content (AvgIpc) is 3.62. The van der Waals surface area contributed by atoms with Crippen molar-refractivity contribution in [2.45, 2.75) is 96.0 Å². The Morgan fingerprint density at radius 1 is 1.15 bits per heavy atom. The molecule has 2 fully saturated rings. The first-order chi connectivity index (χ1) is 18.5. The quantitative estimate of drug-likeness (QED) is 0.495. The van der Waals surface area contributed by atoms with E-state index in [0.29, 0.717) is 6.42 Å². The lowest BCUT2D eigenvalue weighted by atomic mass is 10.0. The van der Waals surface area contributed by atoms with Crippen molar-refractivity contribution in [3.05, 3.63) is 22.8 Å². The highest BCUT2D eigenvalue weighted by Gasteiger charge is 2.42. The van der Waals surface area contributed by atoms with Gasteiger partial charge in [0.2, 0.25) is 11.8 Å². The van der Waals surface area contributed by atoms with E-state index in [1.165, 1.54) is 4.90 Å². The number of nitrogens with one attached hydrogen (secondary N) is 1. The number of nitrogens with zero attached hydrogens (tertiary/aromatic N) is 4. The van der Waals surface area contributed by atoms with Gasteiger partial charge in [-0.25, -0.2) is 23.5 Å². The number of alkyl carbamates (subject to hydrolysis) is 1. The van der Waals surface area contributed by atoms with Crippen LogP contribution in [0.3, 0.4) is 0 Å². The average molecular weight is 576 g/mol. The molecule has 3 heterocycles. The van der Waals surface area contributed by atoms with Crippen LogP contribution in [-0.4, -0.2) is 74.9 Å². The topological polar surface area (TPSA) is 105 Å². The lowest BCUT2D eigenvalue weighted by molar-refractivity contribution is -0.148. The first kappa shape index (κ1) is 29.9. The van der Waals surface area contributed by atoms with Gasteiger partial charge in [-0.15, -0.1) is 0 Å². The summed E-state index contributed by atoms with van der Waals surface area (Å²) < 4.78 is 74.6. The maximum atomic E-state index is 14.0. The van der Waals surface area contributed by atoms with Gasteiger partial charge in [0.15, 0.2) is 5.69 Å². The van der Waals surface area contributed by atoms with Gasteiger partial charge in [0.1, 0.15) is 11.4 Å². The Bertz CT molecular complexity index is 1150. The molecule has 0 aromatic carbocycles. The van der Waals surface area contributed by atoms with Crippen LogP contribution in [0.1, 0.15) is 75.7 Å². The van der Waals surface area contributed by atoms with Gasteiger partial charge in [0.25, 0.3) is 5.92 Å². The molecule has 1 atom stereocenters. The molecule has 1 aliphatic carbocycles. The zero-order chi connectivity index (χ0) is 29.5. The van der Waals surface area contributed by atoms with Gasteiger partial charge in [0.05, 0.1) is 24.8 Å². The van der Waals surface area contributed by atoms with Crippen LogP contribution in [-0.2, 0) is 39.9 Å². The summed E-state index contributed by atoms with van der Waals surface area (Å²) in [4.78, 5) is 48.5. The molecule has 0 radical (unpaired) electrons. The van der Waals surface area contributed by atoms with Gasteiger partial charge in [-0.1, -0.05) is 0 Å². The molecule has 4 rings (SSSR count). The van der Waals surface area contributed by atoms with E-state index in [0.717, 1.165) is 17.7 Å². The summed E-state index contributed by atoms with van der Waals surface area (Å²) in [5.74, 6) is -3.81. The van der Waals surface area contributed by atoms with Crippen LogP contribution in [0.2, 0.25) is 0 Å². The molecule has 3 amide bonds. The van der Waals surface area contributed by atoms with E-state index in [9.17, 15) is 36.3 Å². The van der Waals surface area contributed by atoms with E-state index >= 15 is 0 Å². The number of aromatic nitrogens is 2. The Balaban J connectivity index is 1.51. The molecular formula is C26H34F5N5O4. The fourth-order valence-electron chi connectivity index (χ4n) is 4.90. The molecule has 3 aliphatic rings. The number of amides is 3. The molecule has 1 saturated heterocycles. The number of likely N-dealkylation sites (tertiary alicyclic amines) is 1. The van der Waals surface area contributed by atoms with Crippen LogP contribution in [0.25, 0.3) is 0 Å². The van der Waals surface area contributed by atoms with Gasteiger partial charge in [0, 0.05) is 44.3 Å². The molecular weight excluding hydrogens is 541 g/mol. The van der Waals surface area contributed by atoms with Crippen molar-refractivity contribution in [2.75, 3.05) is 19.6 Å². The Morgan fingerprint density at radius 2 is 1.85 bits per heavy atom. The molecule has 0 bridgehead atoms. The normalized spacial score (nSPS) is 20.1. The number of ether oxygens (including phenoxy) is 1. The zero-order valence-corrected chi connectivity index (χ0v) is 22.7. The molecule has 40 heavy (non-hydrogen) atoms. The highest BCUT2D eigenvalue weighted by atomic mass is 19.4. The SMILES string of the molecule is CC(C)(C)OC(=O)N[C@@H](CC(=O)N1CCc2c(nc(CC3CC3)nc2C(F)(F)F)C1)CN1CC(F)(F)CCC1=O. The molecule has 2 aliphatic heterocycles. The molecule has 1 aromatic rings. The highest BCUT2D eigenvalue weighted by Crippen LogP contribution is 2.36. The molecule has 1 aromatic heterocycles. The van der Waals surface area contributed by atoms with Crippen LogP contribution in [0.15, 0.2) is 0 Å². The van der Waals surface area contributed by atoms with Gasteiger partial charge in [-0.05, 0) is 46.0 Å². The fourth-order valence-corrected chi connectivity index (χ4v) is 4.90. The Morgan fingerprint density at radius 3 is 2.48 bits per heavy atom. The van der Waals surface area contributed by atoms with Crippen LogP contribution < -0.4 is 5.32 Å². The van der Waals surface area contributed by atoms with Crippen molar-refractivity contribution in [1.82, 2.24) is 25.1 Å². The summed E-state index contributed by atoms with van der Waals surface area (Å²) in [6.45, 7) is 3.46. The van der Waals surface area contributed by atoms with Crippen molar-refractivity contribution in [2.24, 2.45) is 5.92 Å². The minimum absolute atomic E-state index is 0.0410. The minimum Gasteiger partial charge on any atom is -0.444 e. The number of alkyl halides is 5. The van der Waals surface area contributed by atoms with Crippen molar-refractivity contribution in [3.63, 3.8) is 0 Å². The van der Waals surface area contributed by atoms with E-state index in [-0.39, 0.29) is 61.9 Å². The first-order valence-corrected chi connectivity index (χ1v) is 13.4. The molecule has 222 valence electrons. The third-order valence-corrected chi connectivity index (χ3v) is 6.96. The molecule has 0 spiro atoms. The van der Waals surface area contributed by atoms with E-state index in [1.807, 2.05) is 0 Å². The summed E-state index contributed by atoms with van der Waals surface area (Å²) in [7, 11) is 0. The van der Waals surface area contributed by atoms with E-state index in [1.54, 1.807) is 20.8 Å². The highest BCUT2D eigenvalue weighted by molar-refractivity contribution is 5.79. The van der Waals surface area contributed by atoms with Crippen LogP contribution in [0.5, 0.6) is 0 Å². The number of carbonyl (C=O) groups excluding carboxylic acids is 3. The van der Waals surface area contributed by atoms with Crippen LogP contribution in [0.4, 0.5) is 26.7 Å². The molecule has 1 saturated carbocycles. The van der Waals surface area contributed by atoms with Gasteiger partial charge >= 0.3 is 12.3 Å². The van der Waals surface area contributed by atoms with Crippen LogP contribution >= 0.6 is 0 Å². The third-order valence-electron chi connectivity index (χ3n) is 6.96. The predicted molar refractivity (Wildman–Crippen MR) is 131 cm³/mol. The molecule has 1 N–H and O–H groups in total. The maximum Gasteiger partial charge on any atom is 0.433 e. The third kappa shape index (κ3) is 8.00. The standard InChI is InChI=1S/C26H34F5N5O4/c1-24(2,3)40-23(39)32-16(12-36-14-25(27,28)8-6-20(36)37)11-21(38)35-9-7-17-18(13-35)33-19(10-15-4-5-15)34-22(17)26(29,30)31/h15-16H,4-14H2,1-3H3,(H,32,39)/t16-/m0/s1. The maximum absolute atomic E-state index is 14.0. The second kappa shape index (κ2) is 11.1. The van der Waals surface area contributed by atoms with E-state index in [2.05, 4.69) is 15.3 Å². The summed E-state index contributed by atoms with van der Waals surface area (Å²) in [6, 6.07) is -1.07. The first-order valence-electron chi connectivity index (χ1n) is 13.4. The number of rotatable bonds is 7. The molecule has 14 heteroatoms. The second-order valence-corrected chi connectivity index (χ2v) is 11.8. The Kier molecular flexibility index (Phi) is 8.28. The molecule has 9 nitrogen and oxygen atoms in total. The minimum atomic E-state index is -4.66. The zero-order valence-electron chi connectivity index (χ0n) is 22.7. The Hall–Kier alpha value is -3.06. The van der Waals surface area contributed by atoms with Gasteiger partial charge in [-0.2, -0.15) is 13.2 Å². The van der Waals surface area contributed by atoms with Crippen molar-refractivity contribution >= 4 is 17.9 Å². The predicted octanol–water partition coefficient (Wildman–Crippen LogP) is 3.87. The van der Waals surface area contributed by atoms with Crippen LogP contribution in [0, 0.1) is 5.92 Å². The summed E-state index contributed by atoms with van der Waals surface area (Å²) in [5, 5.41) is 2.50. The van der Waals surface area contributed by atoms with Crippen molar-refractivity contribution in [3.8, 4) is 0 Å². The summed E-state index contributed by atoms with van der Waals surface area (Å²) in [6.07, 6.45) is -4.84. The number of hydrogen-bond acceptors (Lipinski definition) is 6. The fraction of sp³-hybridized carbons (Fsp3) is 0.731. The summed E-state index contributed by atoms with van der Waals surface area (Å²) >= 11 is 0. The summed E-state index contributed by atoms with van der Waals surface area (Å²) in [5.41, 5.74) is -1.77. The number of halogens is 5. The van der Waals surface area contributed by atoms with Gasteiger partial charge in [-0.3, -0.25) is 9.59 Å². The number of fused-ring (bicyclic) bond motifs is 1. The Labute approximate surface area is 228 Å². The smallest absolute Gasteiger partial charge is 0.433 e. The molecule has 0 unspecified atom stereocenters. The number of hydrogen-bond donors (Lipinski definition) is 1. The van der Waals surface area contributed by atoms with Gasteiger partial charge < -0.3 is 19.9 Å². The van der Waals surface area contributed by atoms with E-state index < -0.39 is 60.3 Å². The van der Waals surface area contributed by atoms with Crippen molar-refractivity contribution in [1.29, 1.82) is 0 Å². The number of carbonyl (C=O) groups is 3. The lowest BCUT2D eigenvalue weighted by Gasteiger charge is -2.36. The van der Waals surface area contributed by atoms with Crippen molar-refractivity contribution < 1.29 is 41.1 Å². The second-order valence-electron chi connectivity index (χ2n) is 11.8. The number of piperidine rings is 1.